The smallest absolute Gasteiger partial charge is 2.00 e. The van der Waals surface area contributed by atoms with Crippen LogP contribution in [-0.4, -0.2) is 54.1 Å². The Hall–Kier alpha value is 1.28. The van der Waals surface area contributed by atoms with E-state index in [4.69, 9.17) is 0 Å². The van der Waals surface area contributed by atoms with Gasteiger partial charge in [0.15, 0.2) is 0 Å². The summed E-state index contributed by atoms with van der Waals surface area (Å²) in [5.41, 5.74) is 0. The summed E-state index contributed by atoms with van der Waals surface area (Å²) in [6.45, 7) is 0. The molecule has 0 aromatic rings. The molecule has 8 heavy (non-hydrogen) atoms. The van der Waals surface area contributed by atoms with Crippen molar-refractivity contribution in [3.8, 4) is 0 Å². The SMILES string of the molecule is F[Si-2](F)(F)(F)(F)F.[Sr+2]. The first-order valence-corrected chi connectivity index (χ1v) is 3.40. The van der Waals surface area contributed by atoms with E-state index in [9.17, 15) is 24.6 Å². The third kappa shape index (κ3) is 176. The first kappa shape index (κ1) is 12.0. The monoisotopic (exact) mass is 230 g/mol. The van der Waals surface area contributed by atoms with Gasteiger partial charge in [-0.15, -0.1) is 0 Å². The van der Waals surface area contributed by atoms with E-state index in [2.05, 4.69) is 0 Å². The van der Waals surface area contributed by atoms with Crippen LogP contribution in [0.15, 0.2) is 0 Å². The normalized spacial score (nSPS) is 20.2. The standard InChI is InChI=1S/F6Si.Sr/c1-7(2,3,4,5)6;/q-2;+2. The van der Waals surface area contributed by atoms with Gasteiger partial charge in [-0.3, -0.25) is 0 Å². The molecule has 0 aliphatic rings. The van der Waals surface area contributed by atoms with Gasteiger partial charge in [-0.25, -0.2) is 0 Å². The van der Waals surface area contributed by atoms with Crippen molar-refractivity contribution in [3.05, 3.63) is 0 Å². The summed E-state index contributed by atoms with van der Waals surface area (Å²) < 4.78 is 59.3. The molecule has 8 heteroatoms. The first-order chi connectivity index (χ1) is 2.45. The summed E-state index contributed by atoms with van der Waals surface area (Å²) in [4.78, 5) is 0. The van der Waals surface area contributed by atoms with Crippen LogP contribution in [0.2, 0.25) is 0 Å². The summed E-state index contributed by atoms with van der Waals surface area (Å²) in [5.74, 6) is 0. The van der Waals surface area contributed by atoms with Crippen LogP contribution in [0.4, 0.5) is 24.6 Å². The zero-order valence-electron chi connectivity index (χ0n) is 3.47. The van der Waals surface area contributed by atoms with Crippen LogP contribution in [0.1, 0.15) is 0 Å². The Kier molecular flexibility index (Phi) is 2.48. The Morgan fingerprint density at radius 1 is 0.625 bits per heavy atom. The Morgan fingerprint density at radius 3 is 0.625 bits per heavy atom. The molecule has 0 aromatic carbocycles. The van der Waals surface area contributed by atoms with Crippen LogP contribution < -0.4 is 0 Å². The molecule has 0 aliphatic carbocycles. The van der Waals surface area contributed by atoms with Crippen molar-refractivity contribution in [3.63, 3.8) is 0 Å². The van der Waals surface area contributed by atoms with Crippen molar-refractivity contribution in [1.29, 1.82) is 0 Å². The number of halogens is 6. The molecule has 48 valence electrons. The minimum Gasteiger partial charge on any atom is 2.00 e. The van der Waals surface area contributed by atoms with E-state index in [-0.39, 0.29) is 45.5 Å². The van der Waals surface area contributed by atoms with Gasteiger partial charge in [-0.2, -0.15) is 0 Å². The summed E-state index contributed by atoms with van der Waals surface area (Å²) in [6.07, 6.45) is 0. The van der Waals surface area contributed by atoms with Crippen molar-refractivity contribution in [2.75, 3.05) is 0 Å². The zero-order chi connectivity index (χ0) is 6.41. The van der Waals surface area contributed by atoms with Gasteiger partial charge in [0, 0.05) is 0 Å². The molecule has 0 unspecified atom stereocenters. The van der Waals surface area contributed by atoms with Gasteiger partial charge in [-0.05, 0) is 0 Å². The van der Waals surface area contributed by atoms with Gasteiger partial charge in [0.25, 0.3) is 0 Å². The topological polar surface area (TPSA) is 0 Å². The van der Waals surface area contributed by atoms with Crippen LogP contribution in [0, 0.1) is 0 Å². The maximum atomic E-state index is 9.88. The Labute approximate surface area is 78.0 Å². The van der Waals surface area contributed by atoms with Crippen LogP contribution in [0.3, 0.4) is 0 Å². The fourth-order valence-corrected chi connectivity index (χ4v) is 0. The molecule has 0 aromatic heterocycles. The molecule has 0 spiro atoms. The van der Waals surface area contributed by atoms with Crippen LogP contribution >= 0.6 is 0 Å². The van der Waals surface area contributed by atoms with Crippen molar-refractivity contribution in [2.24, 2.45) is 0 Å². The van der Waals surface area contributed by atoms with Gasteiger partial charge >= 0.3 is 78.8 Å². The molecule has 0 saturated heterocycles. The molecule has 0 aliphatic heterocycles. The third-order valence-corrected chi connectivity index (χ3v) is 0. The Morgan fingerprint density at radius 2 is 0.625 bits per heavy atom. The van der Waals surface area contributed by atoms with Gasteiger partial charge in [0.1, 0.15) is 0 Å². The van der Waals surface area contributed by atoms with Gasteiger partial charge in [0.2, 0.25) is 0 Å². The van der Waals surface area contributed by atoms with Crippen molar-refractivity contribution < 1.29 is 24.6 Å². The molecule has 0 rings (SSSR count). The maximum Gasteiger partial charge on any atom is 2.00 e. The van der Waals surface area contributed by atoms with Crippen molar-refractivity contribution in [2.45, 2.75) is 0 Å². The predicted molar refractivity (Wildman–Crippen MR) is 18.2 cm³/mol. The van der Waals surface area contributed by atoms with Crippen molar-refractivity contribution in [1.82, 2.24) is 0 Å². The molecular weight excluding hydrogens is 230 g/mol. The summed E-state index contributed by atoms with van der Waals surface area (Å²) in [7, 11) is -10.8. The molecule has 0 radical (unpaired) electrons. The van der Waals surface area contributed by atoms with E-state index in [0.29, 0.717) is 0 Å². The van der Waals surface area contributed by atoms with E-state index in [0.717, 1.165) is 0 Å². The summed E-state index contributed by atoms with van der Waals surface area (Å²) >= 11 is 0. The Bertz CT molecular complexity index is 67.1. The minimum absolute atomic E-state index is 0. The van der Waals surface area contributed by atoms with Gasteiger partial charge in [-0.1, -0.05) is 0 Å². The molecule has 0 atom stereocenters. The molecule has 0 fully saturated rings. The average Bonchev–Trinajstić information content (AvgIpc) is 0.592. The van der Waals surface area contributed by atoms with E-state index >= 15 is 0 Å². The number of rotatable bonds is 0. The first-order valence-electron chi connectivity index (χ1n) is 1.13. The summed E-state index contributed by atoms with van der Waals surface area (Å²) in [5, 5.41) is 0. The van der Waals surface area contributed by atoms with Gasteiger partial charge < -0.3 is 0 Å². The van der Waals surface area contributed by atoms with E-state index in [1.807, 2.05) is 0 Å². The number of hydrogen-bond acceptors (Lipinski definition) is 0. The molecule has 0 N–H and O–H groups in total. The van der Waals surface area contributed by atoms with Gasteiger partial charge in [0.05, 0.1) is 0 Å². The largest absolute Gasteiger partial charge is 2.00 e. The van der Waals surface area contributed by atoms with E-state index in [1.165, 1.54) is 0 Å². The fourth-order valence-electron chi connectivity index (χ4n) is 0. The van der Waals surface area contributed by atoms with Crippen LogP contribution in [0.25, 0.3) is 0 Å². The van der Waals surface area contributed by atoms with E-state index in [1.54, 1.807) is 0 Å². The van der Waals surface area contributed by atoms with Crippen LogP contribution in [-0.2, 0) is 0 Å². The van der Waals surface area contributed by atoms with Crippen molar-refractivity contribution >= 4 is 54.1 Å². The second kappa shape index (κ2) is 1.65. The maximum absolute atomic E-state index is 10.8. The van der Waals surface area contributed by atoms with E-state index < -0.39 is 8.63 Å². The Balaban J connectivity index is 0. The zero-order valence-corrected chi connectivity index (χ0v) is 7.95. The second-order valence-corrected chi connectivity index (χ2v) is 3.21. The quantitative estimate of drug-likeness (QED) is 0.337. The number of hydrogen-bond donors (Lipinski definition) is 0. The molecule has 0 saturated carbocycles. The second-order valence-electron chi connectivity index (χ2n) is 1.07. The minimum atomic E-state index is -10.8. The fraction of sp³-hybridized carbons (Fsp3) is 0. The third-order valence-electron chi connectivity index (χ3n) is 0. The molecule has 0 bridgehead atoms. The average molecular weight is 230 g/mol. The molecule has 0 amide bonds. The molecule has 0 nitrogen and oxygen atoms in total. The molecular formula is F6SiSr. The predicted octanol–water partition coefficient (Wildman–Crippen LogP) is 1.76. The molecule has 0 heterocycles. The van der Waals surface area contributed by atoms with Crippen LogP contribution in [0.5, 0.6) is 0 Å². The summed E-state index contributed by atoms with van der Waals surface area (Å²) in [6, 6.07) is 0.